The molecule has 1 aliphatic heterocycles. The van der Waals surface area contributed by atoms with Crippen LogP contribution < -0.4 is 5.32 Å². The molecule has 0 aromatic carbocycles. The van der Waals surface area contributed by atoms with Crippen LogP contribution in [0.3, 0.4) is 0 Å². The molecule has 0 aliphatic carbocycles. The van der Waals surface area contributed by atoms with E-state index in [1.54, 1.807) is 0 Å². The van der Waals surface area contributed by atoms with Gasteiger partial charge in [-0.2, -0.15) is 0 Å². The summed E-state index contributed by atoms with van der Waals surface area (Å²) < 4.78 is 3.16. The summed E-state index contributed by atoms with van der Waals surface area (Å²) in [5.74, 6) is -0.586. The second-order valence-corrected chi connectivity index (χ2v) is 4.52. The number of carbonyl (C=O) groups excluding carboxylic acids is 1. The van der Waals surface area contributed by atoms with Gasteiger partial charge in [0.25, 0.3) is 4.52 Å². The Morgan fingerprint density at radius 1 is 1.57 bits per heavy atom. The third-order valence-corrected chi connectivity index (χ3v) is 2.82. The van der Waals surface area contributed by atoms with Gasteiger partial charge in [0.15, 0.2) is 0 Å². The molecule has 1 N–H and O–H groups in total. The van der Waals surface area contributed by atoms with Gasteiger partial charge in [0.05, 0.1) is 5.88 Å². The first-order valence-corrected chi connectivity index (χ1v) is 5.24. The number of hydrogen-bond acceptors (Lipinski definition) is 3. The molecular weight excluding hydrogens is 272 g/mol. The van der Waals surface area contributed by atoms with E-state index in [-0.39, 0.29) is 24.3 Å². The number of halogens is 4. The minimum absolute atomic E-state index is 0. The van der Waals surface area contributed by atoms with E-state index in [0.717, 1.165) is 19.4 Å². The maximum Gasteiger partial charge on any atom is 0.325 e. The van der Waals surface area contributed by atoms with Crippen LogP contribution in [0.4, 0.5) is 0 Å². The fourth-order valence-electron chi connectivity index (χ4n) is 1.13. The molecule has 1 fully saturated rings. The van der Waals surface area contributed by atoms with Crippen molar-refractivity contribution in [2.45, 2.75) is 23.4 Å². The summed E-state index contributed by atoms with van der Waals surface area (Å²) in [7, 11) is 0. The summed E-state index contributed by atoms with van der Waals surface area (Å²) in [6, 6.07) is -0.292. The maximum absolute atomic E-state index is 11.3. The van der Waals surface area contributed by atoms with E-state index in [2.05, 4.69) is 5.32 Å². The lowest BCUT2D eigenvalue weighted by Crippen LogP contribution is -2.37. The van der Waals surface area contributed by atoms with Crippen molar-refractivity contribution in [1.29, 1.82) is 0 Å². The van der Waals surface area contributed by atoms with Gasteiger partial charge in [-0.1, -0.05) is 23.2 Å². The minimum atomic E-state index is -1.61. The van der Waals surface area contributed by atoms with Crippen molar-refractivity contribution in [3.63, 3.8) is 0 Å². The summed E-state index contributed by atoms with van der Waals surface area (Å²) in [6.45, 7) is 0.818. The molecule has 1 saturated heterocycles. The first-order chi connectivity index (χ1) is 6.05. The topological polar surface area (TPSA) is 38.3 Å². The molecule has 0 aromatic heterocycles. The Bertz CT molecular complexity index is 194. The average molecular weight is 283 g/mol. The Hall–Kier alpha value is 0.590. The maximum atomic E-state index is 11.3. The van der Waals surface area contributed by atoms with Gasteiger partial charge in [0, 0.05) is 0 Å². The van der Waals surface area contributed by atoms with Crippen LogP contribution in [0.5, 0.6) is 0 Å². The number of carbonyl (C=O) groups is 1. The summed E-state index contributed by atoms with van der Waals surface area (Å²) in [6.07, 6.45) is 1.71. The summed E-state index contributed by atoms with van der Waals surface area (Å²) in [5.41, 5.74) is 0. The highest BCUT2D eigenvalue weighted by molar-refractivity contribution is 6.50. The van der Waals surface area contributed by atoms with Gasteiger partial charge in [0.2, 0.25) is 0 Å². The quantitative estimate of drug-likeness (QED) is 0.636. The van der Waals surface area contributed by atoms with E-state index in [1.807, 2.05) is 0 Å². The van der Waals surface area contributed by atoms with Crippen molar-refractivity contribution in [3.8, 4) is 0 Å². The average Bonchev–Trinajstić information content (AvgIpc) is 2.55. The summed E-state index contributed by atoms with van der Waals surface area (Å²) in [4.78, 5) is 11.3. The Labute approximate surface area is 104 Å². The number of nitrogens with one attached hydrogen (secondary N) is 1. The van der Waals surface area contributed by atoms with Crippen LogP contribution in [0, 0.1) is 0 Å². The second-order valence-electron chi connectivity index (χ2n) is 2.84. The molecular formula is C7H11Cl4NO2. The zero-order chi connectivity index (χ0) is 9.90. The van der Waals surface area contributed by atoms with Crippen molar-refractivity contribution >= 4 is 53.2 Å². The van der Waals surface area contributed by atoms with Crippen molar-refractivity contribution in [2.24, 2.45) is 0 Å². The Kier molecular flexibility index (Phi) is 6.50. The highest BCUT2D eigenvalue weighted by atomic mass is 35.5. The van der Waals surface area contributed by atoms with Crippen molar-refractivity contribution in [3.05, 3.63) is 0 Å². The lowest BCUT2D eigenvalue weighted by molar-refractivity contribution is -0.148. The van der Waals surface area contributed by atoms with E-state index in [4.69, 9.17) is 39.5 Å². The smallest absolute Gasteiger partial charge is 0.325 e. The highest BCUT2D eigenvalue weighted by Crippen LogP contribution is 2.25. The lowest BCUT2D eigenvalue weighted by Gasteiger charge is -2.19. The molecule has 0 amide bonds. The zero-order valence-corrected chi connectivity index (χ0v) is 10.3. The zero-order valence-electron chi connectivity index (χ0n) is 7.26. The van der Waals surface area contributed by atoms with Crippen LogP contribution in [-0.2, 0) is 9.53 Å². The first-order valence-electron chi connectivity index (χ1n) is 3.95. The molecule has 0 unspecified atom stereocenters. The fraction of sp³-hybridized carbons (Fsp3) is 0.857. The van der Waals surface area contributed by atoms with Gasteiger partial charge in [-0.05, 0) is 19.4 Å². The number of alkyl halides is 3. The normalized spacial score (nSPS) is 21.5. The predicted octanol–water partition coefficient (Wildman–Crippen LogP) is 2.07. The molecule has 14 heavy (non-hydrogen) atoms. The van der Waals surface area contributed by atoms with Crippen LogP contribution in [0.25, 0.3) is 0 Å². The number of hydrogen-bond donors (Lipinski definition) is 1. The van der Waals surface area contributed by atoms with E-state index in [9.17, 15) is 4.79 Å². The number of ether oxygens (including phenoxy) is 1. The number of rotatable bonds is 3. The molecule has 0 spiro atoms. The first kappa shape index (κ1) is 14.6. The Morgan fingerprint density at radius 2 is 2.21 bits per heavy atom. The van der Waals surface area contributed by atoms with Gasteiger partial charge >= 0.3 is 5.97 Å². The molecule has 7 heteroatoms. The van der Waals surface area contributed by atoms with E-state index >= 15 is 0 Å². The molecule has 0 radical (unpaired) electrons. The SMILES string of the molecule is Cl.O=C(OC(Cl)(Cl)CCl)[C@@H]1CCCN1. The summed E-state index contributed by atoms with van der Waals surface area (Å²) >= 11 is 16.5. The molecule has 0 aromatic rings. The monoisotopic (exact) mass is 281 g/mol. The predicted molar refractivity (Wildman–Crippen MR) is 59.5 cm³/mol. The lowest BCUT2D eigenvalue weighted by atomic mass is 10.2. The van der Waals surface area contributed by atoms with Crippen LogP contribution in [-0.4, -0.2) is 29.0 Å². The van der Waals surface area contributed by atoms with Crippen LogP contribution in [0.1, 0.15) is 12.8 Å². The van der Waals surface area contributed by atoms with Gasteiger partial charge in [0.1, 0.15) is 6.04 Å². The summed E-state index contributed by atoms with van der Waals surface area (Å²) in [5, 5.41) is 2.97. The van der Waals surface area contributed by atoms with Crippen molar-refractivity contribution in [1.82, 2.24) is 5.32 Å². The Balaban J connectivity index is 0.00000169. The van der Waals surface area contributed by atoms with Crippen molar-refractivity contribution < 1.29 is 9.53 Å². The molecule has 3 nitrogen and oxygen atoms in total. The van der Waals surface area contributed by atoms with Gasteiger partial charge in [-0.15, -0.1) is 24.0 Å². The van der Waals surface area contributed by atoms with Crippen LogP contribution in [0.15, 0.2) is 0 Å². The van der Waals surface area contributed by atoms with E-state index in [0.29, 0.717) is 0 Å². The fourth-order valence-corrected chi connectivity index (χ4v) is 1.34. The van der Waals surface area contributed by atoms with Crippen LogP contribution in [0.2, 0.25) is 0 Å². The molecule has 0 saturated carbocycles. The van der Waals surface area contributed by atoms with E-state index < -0.39 is 10.5 Å². The van der Waals surface area contributed by atoms with Crippen LogP contribution >= 0.6 is 47.2 Å². The minimum Gasteiger partial charge on any atom is -0.426 e. The van der Waals surface area contributed by atoms with Gasteiger partial charge in [-0.3, -0.25) is 4.79 Å². The van der Waals surface area contributed by atoms with Crippen molar-refractivity contribution in [2.75, 3.05) is 12.4 Å². The third-order valence-electron chi connectivity index (χ3n) is 1.75. The highest BCUT2D eigenvalue weighted by Gasteiger charge is 2.32. The molecule has 1 aliphatic rings. The third kappa shape index (κ3) is 4.41. The largest absolute Gasteiger partial charge is 0.426 e. The molecule has 84 valence electrons. The molecule has 1 heterocycles. The van der Waals surface area contributed by atoms with Gasteiger partial charge in [-0.25, -0.2) is 0 Å². The molecule has 1 rings (SSSR count). The Morgan fingerprint density at radius 3 is 2.64 bits per heavy atom. The van der Waals surface area contributed by atoms with E-state index in [1.165, 1.54) is 0 Å². The van der Waals surface area contributed by atoms with Gasteiger partial charge < -0.3 is 10.1 Å². The molecule has 1 atom stereocenters. The number of esters is 1. The standard InChI is InChI=1S/C7H10Cl3NO2.ClH/c8-4-7(9,10)13-6(12)5-2-1-3-11-5;/h5,11H,1-4H2;1H/t5-;/m0./s1. The second kappa shape index (κ2) is 6.23. The molecule has 0 bridgehead atoms.